The van der Waals surface area contributed by atoms with Crippen molar-refractivity contribution >= 4 is 11.7 Å². The number of carbonyl (C=O) groups is 1. The van der Waals surface area contributed by atoms with Crippen molar-refractivity contribution in [2.45, 2.75) is 39.7 Å². The van der Waals surface area contributed by atoms with Crippen molar-refractivity contribution in [3.63, 3.8) is 0 Å². The first-order valence-corrected chi connectivity index (χ1v) is 6.11. The molecule has 100 valence electrons. The number of amides is 2. The van der Waals surface area contributed by atoms with E-state index in [1.54, 1.807) is 0 Å². The maximum Gasteiger partial charge on any atom is 0.319 e. The van der Waals surface area contributed by atoms with Gasteiger partial charge in [-0.25, -0.2) is 4.79 Å². The molecule has 0 saturated carbocycles. The first kappa shape index (κ1) is 14.5. The summed E-state index contributed by atoms with van der Waals surface area (Å²) in [6.07, 6.45) is 0.521. The first-order chi connectivity index (χ1) is 8.32. The zero-order valence-electron chi connectivity index (χ0n) is 11.5. The summed E-state index contributed by atoms with van der Waals surface area (Å²) in [6.45, 7) is 7.79. The number of carbonyl (C=O) groups excluding carboxylic acids is 1. The van der Waals surface area contributed by atoms with Gasteiger partial charge < -0.3 is 15.7 Å². The number of urea groups is 1. The summed E-state index contributed by atoms with van der Waals surface area (Å²) in [5, 5.41) is 14.5. The molecule has 0 aliphatic heterocycles. The van der Waals surface area contributed by atoms with Crippen LogP contribution in [0.3, 0.4) is 0 Å². The normalized spacial score (nSPS) is 11.2. The molecule has 0 heterocycles. The Balaban J connectivity index is 2.64. The van der Waals surface area contributed by atoms with Gasteiger partial charge in [0.25, 0.3) is 0 Å². The van der Waals surface area contributed by atoms with Gasteiger partial charge in [0, 0.05) is 17.8 Å². The molecule has 1 aromatic carbocycles. The van der Waals surface area contributed by atoms with Crippen LogP contribution in [0.25, 0.3) is 0 Å². The Morgan fingerprint density at radius 1 is 1.22 bits per heavy atom. The summed E-state index contributed by atoms with van der Waals surface area (Å²) in [7, 11) is 0. The Kier molecular flexibility index (Phi) is 4.73. The van der Waals surface area contributed by atoms with Gasteiger partial charge >= 0.3 is 6.03 Å². The van der Waals surface area contributed by atoms with Gasteiger partial charge in [0.15, 0.2) is 0 Å². The second kappa shape index (κ2) is 5.87. The van der Waals surface area contributed by atoms with Crippen molar-refractivity contribution in [1.82, 2.24) is 5.32 Å². The summed E-state index contributed by atoms with van der Waals surface area (Å²) >= 11 is 0. The van der Waals surface area contributed by atoms with Crippen molar-refractivity contribution in [3.8, 4) is 0 Å². The SMILES string of the molecule is Cc1cc(C)cc(NC(=O)NC(C)(C)CCO)c1. The molecule has 0 spiro atoms. The molecule has 0 aliphatic carbocycles. The molecule has 4 nitrogen and oxygen atoms in total. The molecule has 1 aromatic rings. The van der Waals surface area contributed by atoms with Crippen molar-refractivity contribution in [1.29, 1.82) is 0 Å². The maximum absolute atomic E-state index is 11.8. The van der Waals surface area contributed by atoms with Gasteiger partial charge in [-0.05, 0) is 57.4 Å². The van der Waals surface area contributed by atoms with Gasteiger partial charge in [0.05, 0.1) is 0 Å². The van der Waals surface area contributed by atoms with Crippen molar-refractivity contribution in [3.05, 3.63) is 29.3 Å². The average Bonchev–Trinajstić information content (AvgIpc) is 2.13. The van der Waals surface area contributed by atoms with E-state index in [1.807, 2.05) is 39.8 Å². The van der Waals surface area contributed by atoms with Gasteiger partial charge in [0.1, 0.15) is 0 Å². The summed E-state index contributed by atoms with van der Waals surface area (Å²) in [4.78, 5) is 11.8. The second-order valence-corrected chi connectivity index (χ2v) is 5.31. The fourth-order valence-electron chi connectivity index (χ4n) is 1.86. The molecule has 2 amide bonds. The quantitative estimate of drug-likeness (QED) is 0.769. The van der Waals surface area contributed by atoms with E-state index in [2.05, 4.69) is 16.7 Å². The zero-order valence-corrected chi connectivity index (χ0v) is 11.5. The maximum atomic E-state index is 11.8. The highest BCUT2D eigenvalue weighted by atomic mass is 16.3. The fraction of sp³-hybridized carbons (Fsp3) is 0.500. The molecule has 0 atom stereocenters. The van der Waals surface area contributed by atoms with Crippen molar-refractivity contribution in [2.24, 2.45) is 0 Å². The van der Waals surface area contributed by atoms with Crippen LogP contribution in [0.4, 0.5) is 10.5 Å². The molecule has 3 N–H and O–H groups in total. The van der Waals surface area contributed by atoms with Crippen LogP contribution < -0.4 is 10.6 Å². The molecular formula is C14H22N2O2. The van der Waals surface area contributed by atoms with Crippen LogP contribution in [0, 0.1) is 13.8 Å². The van der Waals surface area contributed by atoms with Gasteiger partial charge in [0.2, 0.25) is 0 Å². The number of rotatable bonds is 4. The van der Waals surface area contributed by atoms with E-state index in [0.29, 0.717) is 6.42 Å². The molecule has 0 aromatic heterocycles. The third-order valence-electron chi connectivity index (χ3n) is 2.67. The standard InChI is InChI=1S/C14H22N2O2/c1-10-7-11(2)9-12(8-10)15-13(18)16-14(3,4)5-6-17/h7-9,17H,5-6H2,1-4H3,(H2,15,16,18). The number of benzene rings is 1. The molecule has 0 bridgehead atoms. The summed E-state index contributed by atoms with van der Waals surface area (Å²) in [5.74, 6) is 0. The number of aryl methyl sites for hydroxylation is 2. The van der Waals surface area contributed by atoms with Gasteiger partial charge in [-0.2, -0.15) is 0 Å². The minimum Gasteiger partial charge on any atom is -0.396 e. The Morgan fingerprint density at radius 2 is 1.78 bits per heavy atom. The number of nitrogens with one attached hydrogen (secondary N) is 2. The lowest BCUT2D eigenvalue weighted by Crippen LogP contribution is -2.46. The lowest BCUT2D eigenvalue weighted by molar-refractivity contribution is 0.218. The topological polar surface area (TPSA) is 61.4 Å². The smallest absolute Gasteiger partial charge is 0.319 e. The predicted octanol–water partition coefficient (Wildman–Crippen LogP) is 2.59. The van der Waals surface area contributed by atoms with Crippen molar-refractivity contribution in [2.75, 3.05) is 11.9 Å². The minimum atomic E-state index is -0.419. The molecule has 1 rings (SSSR count). The van der Waals surface area contributed by atoms with E-state index in [4.69, 9.17) is 5.11 Å². The summed E-state index contributed by atoms with van der Waals surface area (Å²) < 4.78 is 0. The van der Waals surface area contributed by atoms with Crippen LogP contribution in [-0.2, 0) is 0 Å². The fourth-order valence-corrected chi connectivity index (χ4v) is 1.86. The molecule has 0 fully saturated rings. The van der Waals surface area contributed by atoms with Crippen LogP contribution in [0.15, 0.2) is 18.2 Å². The molecule has 0 aliphatic rings. The number of hydrogen-bond donors (Lipinski definition) is 3. The van der Waals surface area contributed by atoms with Crippen LogP contribution in [0.5, 0.6) is 0 Å². The van der Waals surface area contributed by atoms with Gasteiger partial charge in [-0.1, -0.05) is 6.07 Å². The van der Waals surface area contributed by atoms with Crippen LogP contribution in [-0.4, -0.2) is 23.3 Å². The third kappa shape index (κ3) is 4.75. The third-order valence-corrected chi connectivity index (χ3v) is 2.67. The molecule has 4 heteroatoms. The number of aliphatic hydroxyl groups excluding tert-OH is 1. The Morgan fingerprint density at radius 3 is 2.28 bits per heavy atom. The predicted molar refractivity (Wildman–Crippen MR) is 73.9 cm³/mol. The van der Waals surface area contributed by atoms with Crippen LogP contribution in [0.1, 0.15) is 31.4 Å². The van der Waals surface area contributed by atoms with Crippen LogP contribution in [0.2, 0.25) is 0 Å². The second-order valence-electron chi connectivity index (χ2n) is 5.31. The molecule has 0 saturated heterocycles. The lowest BCUT2D eigenvalue weighted by atomic mass is 10.0. The van der Waals surface area contributed by atoms with Crippen LogP contribution >= 0.6 is 0 Å². The van der Waals surface area contributed by atoms with E-state index in [9.17, 15) is 4.79 Å². The van der Waals surface area contributed by atoms with Crippen molar-refractivity contribution < 1.29 is 9.90 Å². The molecular weight excluding hydrogens is 228 g/mol. The largest absolute Gasteiger partial charge is 0.396 e. The summed E-state index contributed by atoms with van der Waals surface area (Å²) in [6, 6.07) is 5.65. The monoisotopic (exact) mass is 250 g/mol. The highest BCUT2D eigenvalue weighted by Crippen LogP contribution is 2.14. The Hall–Kier alpha value is -1.55. The van der Waals surface area contributed by atoms with E-state index in [0.717, 1.165) is 16.8 Å². The van der Waals surface area contributed by atoms with E-state index in [-0.39, 0.29) is 12.6 Å². The minimum absolute atomic E-state index is 0.0524. The van der Waals surface area contributed by atoms with E-state index in [1.165, 1.54) is 0 Å². The average molecular weight is 250 g/mol. The molecule has 18 heavy (non-hydrogen) atoms. The van der Waals surface area contributed by atoms with Gasteiger partial charge in [-0.3, -0.25) is 0 Å². The molecule has 0 radical (unpaired) electrons. The van der Waals surface area contributed by atoms with E-state index < -0.39 is 5.54 Å². The zero-order chi connectivity index (χ0) is 13.8. The lowest BCUT2D eigenvalue weighted by Gasteiger charge is -2.25. The highest BCUT2D eigenvalue weighted by molar-refractivity contribution is 5.89. The molecule has 0 unspecified atom stereocenters. The Labute approximate surface area is 108 Å². The summed E-state index contributed by atoms with van der Waals surface area (Å²) in [5.41, 5.74) is 2.59. The Bertz CT molecular complexity index is 408. The highest BCUT2D eigenvalue weighted by Gasteiger charge is 2.19. The van der Waals surface area contributed by atoms with E-state index >= 15 is 0 Å². The first-order valence-electron chi connectivity index (χ1n) is 6.11. The number of hydrogen-bond acceptors (Lipinski definition) is 2. The number of aliphatic hydroxyl groups is 1. The van der Waals surface area contributed by atoms with Gasteiger partial charge in [-0.15, -0.1) is 0 Å². The number of anilines is 1.